The van der Waals surface area contributed by atoms with Gasteiger partial charge in [0.2, 0.25) is 0 Å². The summed E-state index contributed by atoms with van der Waals surface area (Å²) in [6, 6.07) is 0. The summed E-state index contributed by atoms with van der Waals surface area (Å²) in [6.45, 7) is 4.51. The lowest BCUT2D eigenvalue weighted by atomic mass is 10.0. The predicted molar refractivity (Wildman–Crippen MR) is 61.5 cm³/mol. The summed E-state index contributed by atoms with van der Waals surface area (Å²) in [4.78, 5) is 0. The van der Waals surface area contributed by atoms with Gasteiger partial charge in [0.05, 0.1) is 0 Å². The quantitative estimate of drug-likeness (QED) is 0.590. The molecule has 1 heteroatoms. The van der Waals surface area contributed by atoms with Crippen LogP contribution in [0.4, 0.5) is 0 Å². The SMILES string of the molecule is CCCCCCc1cscc1CC. The van der Waals surface area contributed by atoms with E-state index in [9.17, 15) is 0 Å². The van der Waals surface area contributed by atoms with Crippen LogP contribution in [-0.2, 0) is 12.8 Å². The van der Waals surface area contributed by atoms with E-state index in [1.165, 1.54) is 38.5 Å². The Hall–Kier alpha value is -0.300. The molecule has 0 aromatic carbocycles. The molecule has 1 heterocycles. The van der Waals surface area contributed by atoms with E-state index < -0.39 is 0 Å². The van der Waals surface area contributed by atoms with Crippen LogP contribution in [0.25, 0.3) is 0 Å². The highest BCUT2D eigenvalue weighted by Crippen LogP contribution is 2.18. The molecule has 0 aliphatic rings. The molecule has 0 spiro atoms. The van der Waals surface area contributed by atoms with Crippen molar-refractivity contribution in [1.82, 2.24) is 0 Å². The molecule has 13 heavy (non-hydrogen) atoms. The summed E-state index contributed by atoms with van der Waals surface area (Å²) < 4.78 is 0. The number of unbranched alkanes of at least 4 members (excludes halogenated alkanes) is 3. The second-order valence-corrected chi connectivity index (χ2v) is 4.33. The molecule has 0 saturated carbocycles. The van der Waals surface area contributed by atoms with Crippen molar-refractivity contribution < 1.29 is 0 Å². The maximum Gasteiger partial charge on any atom is -0.00584 e. The fourth-order valence-electron chi connectivity index (χ4n) is 1.62. The van der Waals surface area contributed by atoms with Crippen molar-refractivity contribution in [3.05, 3.63) is 21.9 Å². The summed E-state index contributed by atoms with van der Waals surface area (Å²) in [5, 5.41) is 4.62. The highest BCUT2D eigenvalue weighted by molar-refractivity contribution is 7.08. The molecule has 0 atom stereocenters. The summed E-state index contributed by atoms with van der Waals surface area (Å²) in [7, 11) is 0. The van der Waals surface area contributed by atoms with E-state index in [-0.39, 0.29) is 0 Å². The van der Waals surface area contributed by atoms with Crippen molar-refractivity contribution in [2.45, 2.75) is 52.4 Å². The van der Waals surface area contributed by atoms with Crippen LogP contribution in [0.15, 0.2) is 10.8 Å². The van der Waals surface area contributed by atoms with Crippen LogP contribution in [0.1, 0.15) is 50.7 Å². The topological polar surface area (TPSA) is 0 Å². The van der Waals surface area contributed by atoms with Crippen molar-refractivity contribution in [1.29, 1.82) is 0 Å². The standard InChI is InChI=1S/C12H20S/c1-3-5-6-7-8-12-10-13-9-11(12)4-2/h9-10H,3-8H2,1-2H3. The minimum atomic E-state index is 1.20. The van der Waals surface area contributed by atoms with Gasteiger partial charge >= 0.3 is 0 Å². The summed E-state index contributed by atoms with van der Waals surface area (Å²) in [5.41, 5.74) is 3.17. The molecule has 0 radical (unpaired) electrons. The minimum absolute atomic E-state index is 1.20. The van der Waals surface area contributed by atoms with Gasteiger partial charge in [0, 0.05) is 0 Å². The van der Waals surface area contributed by atoms with E-state index >= 15 is 0 Å². The molecule has 0 aliphatic heterocycles. The van der Waals surface area contributed by atoms with E-state index in [0.717, 1.165) is 0 Å². The van der Waals surface area contributed by atoms with Crippen molar-refractivity contribution in [3.8, 4) is 0 Å². The summed E-state index contributed by atoms with van der Waals surface area (Å²) >= 11 is 1.85. The zero-order valence-corrected chi connectivity index (χ0v) is 9.62. The zero-order chi connectivity index (χ0) is 9.52. The molecule has 0 fully saturated rings. The fraction of sp³-hybridized carbons (Fsp3) is 0.667. The number of hydrogen-bond acceptors (Lipinski definition) is 1. The Balaban J connectivity index is 2.27. The molecule has 0 unspecified atom stereocenters. The Kier molecular flexibility index (Phi) is 5.14. The molecule has 0 bridgehead atoms. The molecule has 0 nitrogen and oxygen atoms in total. The Labute approximate surface area is 86.0 Å². The van der Waals surface area contributed by atoms with Gasteiger partial charge in [0.15, 0.2) is 0 Å². The lowest BCUT2D eigenvalue weighted by Crippen LogP contribution is -1.88. The number of rotatable bonds is 6. The Morgan fingerprint density at radius 1 is 1.00 bits per heavy atom. The highest BCUT2D eigenvalue weighted by atomic mass is 32.1. The van der Waals surface area contributed by atoms with Gasteiger partial charge in [-0.25, -0.2) is 0 Å². The predicted octanol–water partition coefficient (Wildman–Crippen LogP) is 4.43. The third-order valence-electron chi connectivity index (χ3n) is 2.51. The lowest BCUT2D eigenvalue weighted by Gasteiger charge is -2.01. The van der Waals surface area contributed by atoms with Gasteiger partial charge in [-0.3, -0.25) is 0 Å². The van der Waals surface area contributed by atoms with Crippen LogP contribution < -0.4 is 0 Å². The highest BCUT2D eigenvalue weighted by Gasteiger charge is 2.00. The van der Waals surface area contributed by atoms with E-state index in [2.05, 4.69) is 24.6 Å². The molecule has 1 aromatic heterocycles. The van der Waals surface area contributed by atoms with Crippen molar-refractivity contribution in [2.24, 2.45) is 0 Å². The second kappa shape index (κ2) is 6.20. The van der Waals surface area contributed by atoms with Gasteiger partial charge in [-0.1, -0.05) is 33.1 Å². The van der Waals surface area contributed by atoms with Crippen molar-refractivity contribution in [2.75, 3.05) is 0 Å². The molecule has 0 saturated heterocycles. The van der Waals surface area contributed by atoms with Crippen LogP contribution in [0.3, 0.4) is 0 Å². The first-order valence-corrected chi connectivity index (χ1v) is 6.36. The van der Waals surface area contributed by atoms with E-state index in [0.29, 0.717) is 0 Å². The normalized spacial score (nSPS) is 10.6. The van der Waals surface area contributed by atoms with Crippen molar-refractivity contribution in [3.63, 3.8) is 0 Å². The first-order valence-electron chi connectivity index (χ1n) is 5.42. The minimum Gasteiger partial charge on any atom is -0.152 e. The Morgan fingerprint density at radius 3 is 2.46 bits per heavy atom. The number of hydrogen-bond donors (Lipinski definition) is 0. The maximum absolute atomic E-state index is 2.32. The first-order chi connectivity index (χ1) is 6.38. The largest absolute Gasteiger partial charge is 0.152 e. The van der Waals surface area contributed by atoms with E-state index in [1.807, 2.05) is 11.3 Å². The Morgan fingerprint density at radius 2 is 1.77 bits per heavy atom. The maximum atomic E-state index is 2.32. The van der Waals surface area contributed by atoms with Gasteiger partial charge in [0.25, 0.3) is 0 Å². The molecule has 0 aliphatic carbocycles. The average Bonchev–Trinajstić information content (AvgIpc) is 2.60. The molecule has 0 N–H and O–H groups in total. The van der Waals surface area contributed by atoms with Crippen LogP contribution in [-0.4, -0.2) is 0 Å². The van der Waals surface area contributed by atoms with E-state index in [4.69, 9.17) is 0 Å². The molecule has 1 rings (SSSR count). The summed E-state index contributed by atoms with van der Waals surface area (Å²) in [5.74, 6) is 0. The first kappa shape index (κ1) is 10.8. The van der Waals surface area contributed by atoms with Gasteiger partial charge in [-0.05, 0) is 41.1 Å². The van der Waals surface area contributed by atoms with Crippen LogP contribution in [0.5, 0.6) is 0 Å². The van der Waals surface area contributed by atoms with Crippen LogP contribution in [0.2, 0.25) is 0 Å². The van der Waals surface area contributed by atoms with Crippen molar-refractivity contribution >= 4 is 11.3 Å². The monoisotopic (exact) mass is 196 g/mol. The number of thiophene rings is 1. The molecule has 1 aromatic rings. The molecule has 0 amide bonds. The van der Waals surface area contributed by atoms with Gasteiger partial charge in [-0.15, -0.1) is 0 Å². The molecule has 74 valence electrons. The lowest BCUT2D eigenvalue weighted by molar-refractivity contribution is 0.665. The van der Waals surface area contributed by atoms with Gasteiger partial charge < -0.3 is 0 Å². The van der Waals surface area contributed by atoms with Gasteiger partial charge in [0.1, 0.15) is 0 Å². The van der Waals surface area contributed by atoms with Crippen LogP contribution in [0, 0.1) is 0 Å². The fourth-order valence-corrected chi connectivity index (χ4v) is 2.61. The summed E-state index contributed by atoms with van der Waals surface area (Å²) in [6.07, 6.45) is 8.00. The zero-order valence-electron chi connectivity index (χ0n) is 8.81. The second-order valence-electron chi connectivity index (χ2n) is 3.59. The van der Waals surface area contributed by atoms with Crippen LogP contribution >= 0.6 is 11.3 Å². The average molecular weight is 196 g/mol. The third-order valence-corrected chi connectivity index (χ3v) is 3.35. The van der Waals surface area contributed by atoms with Gasteiger partial charge in [-0.2, -0.15) is 11.3 Å². The number of aryl methyl sites for hydroxylation is 2. The molecular weight excluding hydrogens is 176 g/mol. The smallest absolute Gasteiger partial charge is 0.00584 e. The Bertz CT molecular complexity index is 225. The third kappa shape index (κ3) is 3.51. The molecular formula is C12H20S. The van der Waals surface area contributed by atoms with E-state index in [1.54, 1.807) is 11.1 Å².